The summed E-state index contributed by atoms with van der Waals surface area (Å²) in [7, 11) is 1.10. The molecule has 25 heavy (non-hydrogen) atoms. The summed E-state index contributed by atoms with van der Waals surface area (Å²) in [5.74, 6) is -1.44. The monoisotopic (exact) mass is 375 g/mol. The number of alkyl halides is 3. The highest BCUT2D eigenvalue weighted by atomic mass is 32.1. The Balaban J connectivity index is 2.33. The minimum atomic E-state index is -4.62. The summed E-state index contributed by atoms with van der Waals surface area (Å²) in [6, 6.07) is 0.659. The van der Waals surface area contributed by atoms with E-state index in [-0.39, 0.29) is 17.2 Å². The summed E-state index contributed by atoms with van der Waals surface area (Å²) in [6.45, 7) is 5.28. The molecule has 10 heteroatoms. The fourth-order valence-corrected chi connectivity index (χ4v) is 3.22. The van der Waals surface area contributed by atoms with Crippen LogP contribution >= 0.6 is 11.3 Å². The van der Waals surface area contributed by atoms with Gasteiger partial charge in [0.15, 0.2) is 5.69 Å². The Kier molecular flexibility index (Phi) is 5.21. The molecule has 2 aromatic rings. The van der Waals surface area contributed by atoms with Crippen LogP contribution < -0.4 is 5.32 Å². The molecule has 0 aliphatic heterocycles. The first kappa shape index (κ1) is 19.0. The van der Waals surface area contributed by atoms with Crippen LogP contribution in [-0.2, 0) is 18.0 Å². The molecule has 0 saturated carbocycles. The van der Waals surface area contributed by atoms with Crippen molar-refractivity contribution in [3.8, 4) is 0 Å². The number of anilines is 1. The first-order valence-electron chi connectivity index (χ1n) is 7.26. The van der Waals surface area contributed by atoms with Gasteiger partial charge in [-0.2, -0.15) is 18.3 Å². The van der Waals surface area contributed by atoms with Gasteiger partial charge in [0.2, 0.25) is 0 Å². The Morgan fingerprint density at radius 3 is 2.52 bits per heavy atom. The number of esters is 1. The number of aryl methyl sites for hydroxylation is 2. The molecule has 2 heterocycles. The number of amides is 1. The average molecular weight is 375 g/mol. The fraction of sp³-hybridized carbons (Fsp3) is 0.400. The number of aromatic nitrogens is 2. The van der Waals surface area contributed by atoms with Crippen molar-refractivity contribution in [2.24, 2.45) is 7.05 Å². The van der Waals surface area contributed by atoms with Gasteiger partial charge < -0.3 is 10.1 Å². The summed E-state index contributed by atoms with van der Waals surface area (Å²) in [4.78, 5) is 25.1. The molecule has 0 aliphatic carbocycles. The molecule has 136 valence electrons. The van der Waals surface area contributed by atoms with Crippen molar-refractivity contribution in [2.75, 3.05) is 11.9 Å². The van der Waals surface area contributed by atoms with E-state index in [9.17, 15) is 22.8 Å². The number of nitrogens with one attached hydrogen (secondary N) is 1. The van der Waals surface area contributed by atoms with E-state index in [0.717, 1.165) is 23.3 Å². The maximum atomic E-state index is 12.8. The average Bonchev–Trinajstić information content (AvgIpc) is 3.00. The summed E-state index contributed by atoms with van der Waals surface area (Å²) in [5.41, 5.74) is -0.587. The normalized spacial score (nSPS) is 11.5. The van der Waals surface area contributed by atoms with Crippen molar-refractivity contribution >= 4 is 28.2 Å². The van der Waals surface area contributed by atoms with E-state index < -0.39 is 29.4 Å². The van der Waals surface area contributed by atoms with Gasteiger partial charge in [-0.15, -0.1) is 11.3 Å². The third-order valence-electron chi connectivity index (χ3n) is 3.49. The molecule has 2 rings (SSSR count). The molecule has 6 nitrogen and oxygen atoms in total. The number of halogens is 3. The van der Waals surface area contributed by atoms with Crippen LogP contribution in [0.3, 0.4) is 0 Å². The van der Waals surface area contributed by atoms with Gasteiger partial charge in [-0.25, -0.2) is 4.79 Å². The first-order valence-corrected chi connectivity index (χ1v) is 8.07. The second kappa shape index (κ2) is 6.87. The van der Waals surface area contributed by atoms with Crippen LogP contribution in [0.5, 0.6) is 0 Å². The number of rotatable bonds is 4. The van der Waals surface area contributed by atoms with E-state index in [1.54, 1.807) is 20.8 Å². The third-order valence-corrected chi connectivity index (χ3v) is 4.62. The zero-order valence-corrected chi connectivity index (χ0v) is 14.8. The van der Waals surface area contributed by atoms with E-state index in [2.05, 4.69) is 10.4 Å². The largest absolute Gasteiger partial charge is 0.462 e. The number of ether oxygens (including phenoxy) is 1. The predicted octanol–water partition coefficient (Wildman–Crippen LogP) is 3.55. The van der Waals surface area contributed by atoms with Gasteiger partial charge in [0.25, 0.3) is 5.91 Å². The van der Waals surface area contributed by atoms with Gasteiger partial charge in [-0.1, -0.05) is 0 Å². The Morgan fingerprint density at radius 1 is 1.36 bits per heavy atom. The fourth-order valence-electron chi connectivity index (χ4n) is 2.17. The minimum Gasteiger partial charge on any atom is -0.462 e. The van der Waals surface area contributed by atoms with Crippen molar-refractivity contribution in [3.63, 3.8) is 0 Å². The molecule has 0 radical (unpaired) electrons. The van der Waals surface area contributed by atoms with Crippen LogP contribution in [0.15, 0.2) is 6.07 Å². The Hall–Kier alpha value is -2.36. The van der Waals surface area contributed by atoms with E-state index in [1.165, 1.54) is 0 Å². The van der Waals surface area contributed by atoms with Crippen molar-refractivity contribution in [3.05, 3.63) is 33.5 Å². The van der Waals surface area contributed by atoms with Crippen LogP contribution in [0.4, 0.5) is 18.2 Å². The number of hydrogen-bond acceptors (Lipinski definition) is 5. The summed E-state index contributed by atoms with van der Waals surface area (Å²) in [6.07, 6.45) is -4.62. The van der Waals surface area contributed by atoms with Gasteiger partial charge in [0.05, 0.1) is 12.2 Å². The molecule has 0 unspecified atom stereocenters. The van der Waals surface area contributed by atoms with Crippen LogP contribution in [-0.4, -0.2) is 28.3 Å². The molecule has 0 aromatic carbocycles. The lowest BCUT2D eigenvalue weighted by Crippen LogP contribution is -2.15. The number of thiophene rings is 1. The number of hydrogen-bond donors (Lipinski definition) is 1. The van der Waals surface area contributed by atoms with Crippen LogP contribution in [0.25, 0.3) is 0 Å². The number of carbonyl (C=O) groups is 2. The smallest absolute Gasteiger partial charge is 0.433 e. The topological polar surface area (TPSA) is 73.2 Å². The molecular formula is C15H16F3N3O3S. The van der Waals surface area contributed by atoms with Gasteiger partial charge in [0.1, 0.15) is 10.7 Å². The van der Waals surface area contributed by atoms with Crippen molar-refractivity contribution in [1.29, 1.82) is 0 Å². The van der Waals surface area contributed by atoms with Crippen molar-refractivity contribution in [2.45, 2.75) is 26.9 Å². The number of nitrogens with zero attached hydrogens (tertiary/aromatic N) is 2. The van der Waals surface area contributed by atoms with Crippen molar-refractivity contribution in [1.82, 2.24) is 9.78 Å². The summed E-state index contributed by atoms with van der Waals surface area (Å²) in [5, 5.41) is 6.26. The van der Waals surface area contributed by atoms with Crippen molar-refractivity contribution < 1.29 is 27.5 Å². The SMILES string of the molecule is CCOC(=O)c1c(NC(=O)c2cc(C(F)(F)F)n(C)n2)sc(C)c1C. The standard InChI is InChI=1S/C15H16F3N3O3S/c1-5-24-14(23)11-7(2)8(3)25-13(11)19-12(22)9-6-10(15(16,17)18)21(4)20-9/h6H,5H2,1-4H3,(H,19,22). The second-order valence-electron chi connectivity index (χ2n) is 5.20. The second-order valence-corrected chi connectivity index (χ2v) is 6.42. The molecule has 1 N–H and O–H groups in total. The molecule has 0 spiro atoms. The molecule has 1 amide bonds. The lowest BCUT2D eigenvalue weighted by atomic mass is 10.1. The first-order chi connectivity index (χ1) is 11.6. The minimum absolute atomic E-state index is 0.162. The highest BCUT2D eigenvalue weighted by molar-refractivity contribution is 7.16. The maximum absolute atomic E-state index is 12.8. The van der Waals surface area contributed by atoms with Crippen LogP contribution in [0, 0.1) is 13.8 Å². The molecule has 0 fully saturated rings. The molecule has 0 saturated heterocycles. The van der Waals surface area contributed by atoms with Gasteiger partial charge >= 0.3 is 12.1 Å². The lowest BCUT2D eigenvalue weighted by Gasteiger charge is -2.06. The predicted molar refractivity (Wildman–Crippen MR) is 85.9 cm³/mol. The Labute approximate surface area is 145 Å². The molecule has 2 aromatic heterocycles. The quantitative estimate of drug-likeness (QED) is 0.830. The molecule has 0 bridgehead atoms. The zero-order chi connectivity index (χ0) is 18.9. The van der Waals surface area contributed by atoms with Gasteiger partial charge in [0, 0.05) is 18.0 Å². The number of carbonyl (C=O) groups excluding carboxylic acids is 2. The van der Waals surface area contributed by atoms with Crippen LogP contribution in [0.1, 0.15) is 43.9 Å². The maximum Gasteiger partial charge on any atom is 0.433 e. The van der Waals surface area contributed by atoms with E-state index in [1.807, 2.05) is 0 Å². The third kappa shape index (κ3) is 3.84. The van der Waals surface area contributed by atoms with Gasteiger partial charge in [-0.3, -0.25) is 9.48 Å². The highest BCUT2D eigenvalue weighted by Crippen LogP contribution is 2.34. The highest BCUT2D eigenvalue weighted by Gasteiger charge is 2.36. The Morgan fingerprint density at radius 2 is 2.00 bits per heavy atom. The van der Waals surface area contributed by atoms with Gasteiger partial charge in [-0.05, 0) is 26.3 Å². The zero-order valence-electron chi connectivity index (χ0n) is 13.9. The summed E-state index contributed by atoms with van der Waals surface area (Å²) >= 11 is 1.15. The van der Waals surface area contributed by atoms with E-state index in [0.29, 0.717) is 16.3 Å². The lowest BCUT2D eigenvalue weighted by molar-refractivity contribution is -0.143. The van der Waals surface area contributed by atoms with Crippen LogP contribution in [0.2, 0.25) is 0 Å². The summed E-state index contributed by atoms with van der Waals surface area (Å²) < 4.78 is 44.0. The molecule has 0 atom stereocenters. The molecule has 0 aliphatic rings. The molecular weight excluding hydrogens is 359 g/mol. The van der Waals surface area contributed by atoms with E-state index in [4.69, 9.17) is 4.74 Å². The Bertz CT molecular complexity index is 824. The van der Waals surface area contributed by atoms with E-state index >= 15 is 0 Å².